The lowest BCUT2D eigenvalue weighted by molar-refractivity contribution is -0.274. The highest BCUT2D eigenvalue weighted by Crippen LogP contribution is 2.35. The van der Waals surface area contributed by atoms with E-state index in [1.807, 2.05) is 0 Å². The fourth-order valence-electron chi connectivity index (χ4n) is 2.24. The van der Waals surface area contributed by atoms with Gasteiger partial charge in [-0.05, 0) is 40.0 Å². The summed E-state index contributed by atoms with van der Waals surface area (Å²) in [5.41, 5.74) is 0.492. The summed E-state index contributed by atoms with van der Waals surface area (Å²) in [6, 6.07) is 3.99. The highest BCUT2D eigenvalue weighted by molar-refractivity contribution is 9.10. The molecule has 0 bridgehead atoms. The van der Waals surface area contributed by atoms with Crippen molar-refractivity contribution in [1.29, 1.82) is 0 Å². The van der Waals surface area contributed by atoms with Gasteiger partial charge in [0.1, 0.15) is 5.75 Å². The number of carbonyl (C=O) groups excluding carboxylic acids is 2. The van der Waals surface area contributed by atoms with E-state index in [9.17, 15) is 22.8 Å². The summed E-state index contributed by atoms with van der Waals surface area (Å²) >= 11 is 4.19. The van der Waals surface area contributed by atoms with Crippen molar-refractivity contribution in [3.63, 3.8) is 0 Å². The number of amides is 1. The van der Waals surface area contributed by atoms with E-state index in [0.717, 1.165) is 6.07 Å². The molecular weight excluding hydrogens is 399 g/mol. The van der Waals surface area contributed by atoms with Gasteiger partial charge in [0.25, 0.3) is 0 Å². The Morgan fingerprint density at radius 2 is 2.17 bits per heavy atom. The van der Waals surface area contributed by atoms with Crippen LogP contribution in [0.2, 0.25) is 0 Å². The summed E-state index contributed by atoms with van der Waals surface area (Å²) in [5.74, 6) is 0.113. The molecule has 1 saturated heterocycles. The Balaban J connectivity index is 2.08. The Kier molecular flexibility index (Phi) is 5.61. The van der Waals surface area contributed by atoms with E-state index in [2.05, 4.69) is 20.7 Å². The van der Waals surface area contributed by atoms with Gasteiger partial charge in [0.15, 0.2) is 5.12 Å². The SMILES string of the molecule is CC(=O)SCC1CC(=O)N(c2ccc(OC(F)(F)F)c(Br)c2)C1. The van der Waals surface area contributed by atoms with Gasteiger partial charge >= 0.3 is 6.36 Å². The van der Waals surface area contributed by atoms with Gasteiger partial charge in [0, 0.05) is 31.3 Å². The Hall–Kier alpha value is -1.22. The molecule has 1 amide bonds. The molecule has 0 saturated carbocycles. The van der Waals surface area contributed by atoms with Crippen LogP contribution >= 0.6 is 27.7 Å². The van der Waals surface area contributed by atoms with E-state index in [0.29, 0.717) is 24.4 Å². The van der Waals surface area contributed by atoms with Crippen molar-refractivity contribution in [1.82, 2.24) is 0 Å². The smallest absolute Gasteiger partial charge is 0.405 e. The van der Waals surface area contributed by atoms with E-state index in [4.69, 9.17) is 0 Å². The Labute approximate surface area is 143 Å². The molecule has 9 heteroatoms. The monoisotopic (exact) mass is 411 g/mol. The van der Waals surface area contributed by atoms with E-state index in [-0.39, 0.29) is 27.2 Å². The molecule has 1 heterocycles. The molecule has 23 heavy (non-hydrogen) atoms. The molecule has 1 aliphatic heterocycles. The second kappa shape index (κ2) is 7.12. The zero-order valence-electron chi connectivity index (χ0n) is 12.0. The van der Waals surface area contributed by atoms with Crippen molar-refractivity contribution < 1.29 is 27.5 Å². The molecule has 0 aliphatic carbocycles. The molecule has 1 aromatic rings. The number of halogens is 4. The number of rotatable bonds is 4. The van der Waals surface area contributed by atoms with Gasteiger partial charge in [-0.3, -0.25) is 9.59 Å². The van der Waals surface area contributed by atoms with Gasteiger partial charge in [0.05, 0.1) is 4.47 Å². The third-order valence-electron chi connectivity index (χ3n) is 3.18. The molecule has 126 valence electrons. The predicted molar refractivity (Wildman–Crippen MR) is 84.4 cm³/mol. The van der Waals surface area contributed by atoms with E-state index in [1.54, 1.807) is 0 Å². The molecule has 0 aromatic heterocycles. The lowest BCUT2D eigenvalue weighted by atomic mass is 10.1. The number of ether oxygens (including phenoxy) is 1. The van der Waals surface area contributed by atoms with Crippen LogP contribution in [-0.2, 0) is 9.59 Å². The maximum absolute atomic E-state index is 12.2. The third-order valence-corrected chi connectivity index (χ3v) is 4.84. The quantitative estimate of drug-likeness (QED) is 0.751. The molecule has 1 unspecified atom stereocenters. The highest BCUT2D eigenvalue weighted by atomic mass is 79.9. The predicted octanol–water partition coefficient (Wildman–Crippen LogP) is 3.98. The summed E-state index contributed by atoms with van der Waals surface area (Å²) in [4.78, 5) is 24.5. The van der Waals surface area contributed by atoms with Crippen molar-refractivity contribution in [3.05, 3.63) is 22.7 Å². The van der Waals surface area contributed by atoms with Crippen molar-refractivity contribution in [2.75, 3.05) is 17.2 Å². The molecule has 4 nitrogen and oxygen atoms in total. The standard InChI is InChI=1S/C14H13BrF3NO3S/c1-8(20)23-7-9-4-13(21)19(6-9)10-2-3-12(11(15)5-10)22-14(16,17)18/h2-3,5,9H,4,6-7H2,1H3. The number of hydrogen-bond donors (Lipinski definition) is 0. The zero-order valence-corrected chi connectivity index (χ0v) is 14.4. The first-order chi connectivity index (χ1) is 10.7. The maximum atomic E-state index is 12.2. The van der Waals surface area contributed by atoms with Crippen LogP contribution in [0.4, 0.5) is 18.9 Å². The average molecular weight is 412 g/mol. The number of carbonyl (C=O) groups is 2. The highest BCUT2D eigenvalue weighted by Gasteiger charge is 2.33. The number of nitrogens with zero attached hydrogens (tertiary/aromatic N) is 1. The van der Waals surface area contributed by atoms with Gasteiger partial charge in [-0.2, -0.15) is 0 Å². The zero-order chi connectivity index (χ0) is 17.2. The minimum atomic E-state index is -4.78. The average Bonchev–Trinajstić information content (AvgIpc) is 2.79. The topological polar surface area (TPSA) is 46.6 Å². The van der Waals surface area contributed by atoms with Crippen LogP contribution in [0.15, 0.2) is 22.7 Å². The summed E-state index contributed by atoms with van der Waals surface area (Å²) < 4.78 is 40.7. The maximum Gasteiger partial charge on any atom is 0.573 e. The second-order valence-electron chi connectivity index (χ2n) is 5.04. The van der Waals surface area contributed by atoms with Crippen molar-refractivity contribution >= 4 is 44.4 Å². The first kappa shape index (κ1) is 18.1. The van der Waals surface area contributed by atoms with E-state index < -0.39 is 6.36 Å². The number of anilines is 1. The first-order valence-electron chi connectivity index (χ1n) is 6.64. The number of thioether (sulfide) groups is 1. The van der Waals surface area contributed by atoms with Crippen LogP contribution in [-0.4, -0.2) is 29.7 Å². The lowest BCUT2D eigenvalue weighted by Gasteiger charge is -2.18. The normalized spacial score (nSPS) is 18.4. The largest absolute Gasteiger partial charge is 0.573 e. The van der Waals surface area contributed by atoms with Gasteiger partial charge in [-0.15, -0.1) is 13.2 Å². The first-order valence-corrected chi connectivity index (χ1v) is 8.42. The second-order valence-corrected chi connectivity index (χ2v) is 7.09. The van der Waals surface area contributed by atoms with Crippen LogP contribution < -0.4 is 9.64 Å². The lowest BCUT2D eigenvalue weighted by Crippen LogP contribution is -2.25. The Morgan fingerprint density at radius 1 is 1.48 bits per heavy atom. The Morgan fingerprint density at radius 3 is 2.74 bits per heavy atom. The number of alkyl halides is 3. The fraction of sp³-hybridized carbons (Fsp3) is 0.429. The molecule has 1 aromatic carbocycles. The van der Waals surface area contributed by atoms with Gasteiger partial charge < -0.3 is 9.64 Å². The van der Waals surface area contributed by atoms with Crippen molar-refractivity contribution in [2.45, 2.75) is 19.7 Å². The molecule has 1 fully saturated rings. The van der Waals surface area contributed by atoms with Crippen LogP contribution in [0.3, 0.4) is 0 Å². The minimum Gasteiger partial charge on any atom is -0.405 e. The molecule has 0 N–H and O–H groups in total. The molecule has 2 rings (SSSR count). The number of hydrogen-bond acceptors (Lipinski definition) is 4. The summed E-state index contributed by atoms with van der Waals surface area (Å²) in [7, 11) is 0. The molecule has 1 atom stereocenters. The van der Waals surface area contributed by atoms with Crippen LogP contribution in [0, 0.1) is 5.92 Å². The van der Waals surface area contributed by atoms with E-state index >= 15 is 0 Å². The summed E-state index contributed by atoms with van der Waals surface area (Å²) in [6.07, 6.45) is -4.46. The third kappa shape index (κ3) is 5.13. The van der Waals surface area contributed by atoms with Crippen LogP contribution in [0.5, 0.6) is 5.75 Å². The van der Waals surface area contributed by atoms with Crippen LogP contribution in [0.25, 0.3) is 0 Å². The van der Waals surface area contributed by atoms with Gasteiger partial charge in [0.2, 0.25) is 5.91 Å². The number of benzene rings is 1. The summed E-state index contributed by atoms with van der Waals surface area (Å²) in [6.45, 7) is 1.90. The van der Waals surface area contributed by atoms with Crippen LogP contribution in [0.1, 0.15) is 13.3 Å². The Bertz CT molecular complexity index is 624. The molecule has 0 radical (unpaired) electrons. The van der Waals surface area contributed by atoms with Gasteiger partial charge in [-0.1, -0.05) is 11.8 Å². The minimum absolute atomic E-state index is 0.00713. The van der Waals surface area contributed by atoms with Crippen molar-refractivity contribution in [3.8, 4) is 5.75 Å². The molecule has 1 aliphatic rings. The molecular formula is C14H13BrF3NO3S. The van der Waals surface area contributed by atoms with Crippen molar-refractivity contribution in [2.24, 2.45) is 5.92 Å². The molecule has 0 spiro atoms. The fourth-order valence-corrected chi connectivity index (χ4v) is 3.38. The van der Waals surface area contributed by atoms with Gasteiger partial charge in [-0.25, -0.2) is 0 Å². The van der Waals surface area contributed by atoms with E-state index in [1.165, 1.54) is 35.7 Å². The summed E-state index contributed by atoms with van der Waals surface area (Å²) in [5, 5.41) is -0.00713.